The van der Waals surface area contributed by atoms with Crippen LogP contribution >= 0.6 is 24.6 Å². The van der Waals surface area contributed by atoms with Crippen molar-refractivity contribution >= 4 is 41.0 Å². The Morgan fingerprint density at radius 3 is 2.50 bits per heavy atom. The van der Waals surface area contributed by atoms with Crippen LogP contribution in [0.4, 0.5) is 5.69 Å². The zero-order chi connectivity index (χ0) is 13.5. The van der Waals surface area contributed by atoms with Gasteiger partial charge in [-0.15, -0.1) is 0 Å². The van der Waals surface area contributed by atoms with Crippen LogP contribution in [0.25, 0.3) is 10.8 Å². The second-order valence-electron chi connectivity index (χ2n) is 4.85. The number of benzene rings is 3. The number of thiol groups is 1. The molecule has 0 fully saturated rings. The maximum absolute atomic E-state index is 4.72. The number of thioether (sulfide) groups is 1. The van der Waals surface area contributed by atoms with Crippen molar-refractivity contribution in [1.29, 1.82) is 0 Å². The molecule has 0 radical (unpaired) electrons. The fraction of sp³-hybridized carbons (Fsp3) is 0.0588. The highest BCUT2D eigenvalue weighted by molar-refractivity contribution is 8.01. The number of para-hydroxylation sites is 1. The summed E-state index contributed by atoms with van der Waals surface area (Å²) in [5.41, 5.74) is 2.51. The highest BCUT2D eigenvalue weighted by atomic mass is 32.2. The fourth-order valence-corrected chi connectivity index (χ4v) is 4.44. The summed E-state index contributed by atoms with van der Waals surface area (Å²) in [6.07, 6.45) is 0. The minimum absolute atomic E-state index is 0.224. The van der Waals surface area contributed by atoms with Gasteiger partial charge in [0.05, 0.1) is 5.69 Å². The van der Waals surface area contributed by atoms with Crippen LogP contribution in [0.1, 0.15) is 10.9 Å². The minimum Gasteiger partial charge on any atom is -0.300 e. The summed E-state index contributed by atoms with van der Waals surface area (Å²) in [4.78, 5) is 1.29. The van der Waals surface area contributed by atoms with Gasteiger partial charge in [-0.3, -0.25) is 4.31 Å². The van der Waals surface area contributed by atoms with E-state index in [4.69, 9.17) is 12.8 Å². The van der Waals surface area contributed by atoms with Crippen molar-refractivity contribution < 1.29 is 0 Å². The van der Waals surface area contributed by atoms with E-state index in [9.17, 15) is 0 Å². The molecule has 3 aromatic carbocycles. The SMILES string of the molecule is SN1c2ccccc2SC1c1cccc2ccccc12. The third-order valence-electron chi connectivity index (χ3n) is 3.66. The van der Waals surface area contributed by atoms with E-state index in [1.54, 1.807) is 0 Å². The quantitative estimate of drug-likeness (QED) is 0.607. The molecule has 0 saturated carbocycles. The van der Waals surface area contributed by atoms with Gasteiger partial charge in [0.25, 0.3) is 0 Å². The molecule has 20 heavy (non-hydrogen) atoms. The van der Waals surface area contributed by atoms with E-state index < -0.39 is 0 Å². The number of hydrogen-bond donors (Lipinski definition) is 1. The molecule has 4 rings (SSSR count). The van der Waals surface area contributed by atoms with Crippen molar-refractivity contribution in [3.63, 3.8) is 0 Å². The molecular formula is C17H13NS2. The topological polar surface area (TPSA) is 3.24 Å². The summed E-state index contributed by atoms with van der Waals surface area (Å²) < 4.78 is 2.07. The lowest BCUT2D eigenvalue weighted by Crippen LogP contribution is -2.11. The predicted octanol–water partition coefficient (Wildman–Crippen LogP) is 5.30. The minimum atomic E-state index is 0.224. The summed E-state index contributed by atoms with van der Waals surface area (Å²) in [7, 11) is 0. The Morgan fingerprint density at radius 2 is 1.60 bits per heavy atom. The molecule has 0 bridgehead atoms. The molecule has 1 heterocycles. The monoisotopic (exact) mass is 295 g/mol. The van der Waals surface area contributed by atoms with Gasteiger partial charge in [-0.25, -0.2) is 0 Å². The third kappa shape index (κ3) is 1.81. The Bertz CT molecular complexity index is 779. The molecule has 0 aliphatic carbocycles. The van der Waals surface area contributed by atoms with E-state index in [0.717, 1.165) is 0 Å². The highest BCUT2D eigenvalue weighted by Crippen LogP contribution is 2.53. The molecule has 1 aliphatic rings. The molecule has 1 nitrogen and oxygen atoms in total. The van der Waals surface area contributed by atoms with Crippen LogP contribution < -0.4 is 4.31 Å². The van der Waals surface area contributed by atoms with E-state index in [-0.39, 0.29) is 5.37 Å². The van der Waals surface area contributed by atoms with Crippen molar-refractivity contribution in [2.24, 2.45) is 0 Å². The summed E-state index contributed by atoms with van der Waals surface area (Å²) >= 11 is 6.58. The first-order valence-corrected chi connectivity index (χ1v) is 7.84. The van der Waals surface area contributed by atoms with Crippen molar-refractivity contribution in [3.8, 4) is 0 Å². The standard InChI is InChI=1S/C17H13NS2/c19-18-15-10-3-4-11-16(15)20-17(18)14-9-5-7-12-6-1-2-8-13(12)14/h1-11,17,19H. The van der Waals surface area contributed by atoms with Gasteiger partial charge in [0.2, 0.25) is 0 Å². The Labute approximate surface area is 128 Å². The fourth-order valence-electron chi connectivity index (χ4n) is 2.70. The van der Waals surface area contributed by atoms with E-state index in [2.05, 4.69) is 71.0 Å². The maximum Gasteiger partial charge on any atom is 0.116 e. The number of anilines is 1. The van der Waals surface area contributed by atoms with Crippen LogP contribution in [0.5, 0.6) is 0 Å². The molecular weight excluding hydrogens is 282 g/mol. The van der Waals surface area contributed by atoms with Gasteiger partial charge < -0.3 is 0 Å². The van der Waals surface area contributed by atoms with Crippen molar-refractivity contribution in [3.05, 3.63) is 72.3 Å². The maximum atomic E-state index is 4.72. The van der Waals surface area contributed by atoms with E-state index in [1.165, 1.54) is 26.9 Å². The van der Waals surface area contributed by atoms with Crippen LogP contribution in [0, 0.1) is 0 Å². The molecule has 1 aliphatic heterocycles. The average molecular weight is 295 g/mol. The van der Waals surface area contributed by atoms with Crippen LogP contribution in [0.15, 0.2) is 71.6 Å². The van der Waals surface area contributed by atoms with Crippen LogP contribution in [-0.4, -0.2) is 0 Å². The number of fused-ring (bicyclic) bond motifs is 2. The first-order valence-electron chi connectivity index (χ1n) is 6.56. The van der Waals surface area contributed by atoms with Gasteiger partial charge in [0.15, 0.2) is 0 Å². The lowest BCUT2D eigenvalue weighted by Gasteiger charge is -2.21. The largest absolute Gasteiger partial charge is 0.300 e. The smallest absolute Gasteiger partial charge is 0.116 e. The molecule has 98 valence electrons. The van der Waals surface area contributed by atoms with Crippen molar-refractivity contribution in [2.75, 3.05) is 4.31 Å². The lowest BCUT2D eigenvalue weighted by molar-refractivity contribution is 1.06. The molecule has 1 unspecified atom stereocenters. The molecule has 3 heteroatoms. The Hall–Kier alpha value is -1.58. The van der Waals surface area contributed by atoms with Gasteiger partial charge in [-0.05, 0) is 28.5 Å². The normalized spacial score (nSPS) is 17.4. The van der Waals surface area contributed by atoms with Gasteiger partial charge in [0.1, 0.15) is 5.37 Å². The predicted molar refractivity (Wildman–Crippen MR) is 90.5 cm³/mol. The molecule has 0 saturated heterocycles. The highest BCUT2D eigenvalue weighted by Gasteiger charge is 2.30. The number of hydrogen-bond acceptors (Lipinski definition) is 3. The van der Waals surface area contributed by atoms with Gasteiger partial charge in [-0.1, -0.05) is 79.2 Å². The van der Waals surface area contributed by atoms with E-state index in [1.807, 2.05) is 11.8 Å². The van der Waals surface area contributed by atoms with E-state index >= 15 is 0 Å². The summed E-state index contributed by atoms with van der Waals surface area (Å²) in [5.74, 6) is 0. The molecule has 0 amide bonds. The second kappa shape index (κ2) is 4.76. The number of nitrogens with zero attached hydrogens (tertiary/aromatic N) is 1. The van der Waals surface area contributed by atoms with Crippen LogP contribution in [-0.2, 0) is 0 Å². The summed E-state index contributed by atoms with van der Waals surface area (Å²) in [6.45, 7) is 0. The van der Waals surface area contributed by atoms with Gasteiger partial charge in [0, 0.05) is 4.90 Å². The molecule has 3 aromatic rings. The summed E-state index contributed by atoms with van der Waals surface area (Å²) in [6, 6.07) is 23.5. The van der Waals surface area contributed by atoms with E-state index in [0.29, 0.717) is 0 Å². The number of rotatable bonds is 1. The average Bonchev–Trinajstić information content (AvgIpc) is 2.84. The zero-order valence-corrected chi connectivity index (χ0v) is 12.4. The molecule has 1 atom stereocenters. The second-order valence-corrected chi connectivity index (χ2v) is 6.40. The molecule has 0 spiro atoms. The Morgan fingerprint density at radius 1 is 0.850 bits per heavy atom. The Balaban J connectivity index is 1.86. The van der Waals surface area contributed by atoms with Crippen LogP contribution in [0.3, 0.4) is 0 Å². The van der Waals surface area contributed by atoms with Crippen molar-refractivity contribution in [1.82, 2.24) is 0 Å². The van der Waals surface area contributed by atoms with Gasteiger partial charge in [-0.2, -0.15) is 0 Å². The van der Waals surface area contributed by atoms with Gasteiger partial charge >= 0.3 is 0 Å². The van der Waals surface area contributed by atoms with Crippen molar-refractivity contribution in [2.45, 2.75) is 10.3 Å². The van der Waals surface area contributed by atoms with Crippen LogP contribution in [0.2, 0.25) is 0 Å². The first-order chi connectivity index (χ1) is 9.84. The first kappa shape index (κ1) is 12.2. The molecule has 0 aromatic heterocycles. The lowest BCUT2D eigenvalue weighted by atomic mass is 10.0. The zero-order valence-electron chi connectivity index (χ0n) is 10.7. The Kier molecular flexibility index (Phi) is 2.90. The third-order valence-corrected chi connectivity index (χ3v) is 5.55. The summed E-state index contributed by atoms with van der Waals surface area (Å²) in [5, 5.41) is 2.81. The molecule has 0 N–H and O–H groups in total.